The standard InChI is InChI=1S/C32H36N2O/c1-5-16-34(4)21-29-17-23(3)32(19-24(29)6-2)35-22-28-12-9-13-30(31(28)20-33)27-15-14-25-10-7-8-11-26(25)18-27/h6,9,12-15,17-19H,2,5,7-8,10-11,16,21-22H2,1,3-4H3. The molecule has 0 radical (unpaired) electrons. The summed E-state index contributed by atoms with van der Waals surface area (Å²) in [7, 11) is 2.15. The van der Waals surface area contributed by atoms with E-state index in [0.29, 0.717) is 12.2 Å². The number of aryl methyl sites for hydroxylation is 3. The number of fused-ring (bicyclic) bond motifs is 1. The summed E-state index contributed by atoms with van der Waals surface area (Å²) in [6.45, 7) is 10.6. The van der Waals surface area contributed by atoms with Gasteiger partial charge >= 0.3 is 0 Å². The van der Waals surface area contributed by atoms with E-state index in [1.165, 1.54) is 29.5 Å². The quantitative estimate of drug-likeness (QED) is 0.329. The van der Waals surface area contributed by atoms with Crippen molar-refractivity contribution in [2.24, 2.45) is 0 Å². The second-order valence-electron chi connectivity index (χ2n) is 9.69. The van der Waals surface area contributed by atoms with Crippen LogP contribution >= 0.6 is 0 Å². The Morgan fingerprint density at radius 2 is 1.86 bits per heavy atom. The first-order valence-electron chi connectivity index (χ1n) is 12.8. The number of rotatable bonds is 9. The summed E-state index contributed by atoms with van der Waals surface area (Å²) in [4.78, 5) is 2.33. The van der Waals surface area contributed by atoms with E-state index in [2.05, 4.69) is 74.8 Å². The fourth-order valence-electron chi connectivity index (χ4n) is 5.15. The summed E-state index contributed by atoms with van der Waals surface area (Å²) >= 11 is 0. The second-order valence-corrected chi connectivity index (χ2v) is 9.69. The fraction of sp³-hybridized carbons (Fsp3) is 0.344. The van der Waals surface area contributed by atoms with Gasteiger partial charge in [0.05, 0.1) is 5.56 Å². The average molecular weight is 465 g/mol. The number of nitrogens with zero attached hydrogens (tertiary/aromatic N) is 2. The first-order chi connectivity index (χ1) is 17.0. The van der Waals surface area contributed by atoms with Crippen molar-refractivity contribution >= 4 is 6.08 Å². The van der Waals surface area contributed by atoms with Gasteiger partial charge in [-0.25, -0.2) is 0 Å². The second kappa shape index (κ2) is 11.4. The highest BCUT2D eigenvalue weighted by Crippen LogP contribution is 2.32. The van der Waals surface area contributed by atoms with Crippen LogP contribution in [0.3, 0.4) is 0 Å². The van der Waals surface area contributed by atoms with Crippen molar-refractivity contribution in [3.8, 4) is 22.9 Å². The molecule has 180 valence electrons. The molecule has 3 heteroatoms. The SMILES string of the molecule is C=Cc1cc(OCc2cccc(-c3ccc4c(c3)CCCC4)c2C#N)c(C)cc1CN(C)CCC. The Hall–Kier alpha value is -3.35. The first-order valence-corrected chi connectivity index (χ1v) is 12.8. The minimum absolute atomic E-state index is 0.355. The molecule has 0 amide bonds. The molecule has 0 spiro atoms. The van der Waals surface area contributed by atoms with Crippen LogP contribution in [0.2, 0.25) is 0 Å². The molecule has 35 heavy (non-hydrogen) atoms. The van der Waals surface area contributed by atoms with Crippen LogP contribution in [-0.4, -0.2) is 18.5 Å². The highest BCUT2D eigenvalue weighted by molar-refractivity contribution is 5.73. The van der Waals surface area contributed by atoms with Gasteiger partial charge in [0.2, 0.25) is 0 Å². The third-order valence-electron chi connectivity index (χ3n) is 7.01. The molecule has 0 atom stereocenters. The predicted molar refractivity (Wildman–Crippen MR) is 145 cm³/mol. The predicted octanol–water partition coefficient (Wildman–Crippen LogP) is 7.48. The van der Waals surface area contributed by atoms with Crippen LogP contribution in [0, 0.1) is 18.3 Å². The Balaban J connectivity index is 1.58. The van der Waals surface area contributed by atoms with Crippen molar-refractivity contribution in [1.29, 1.82) is 5.26 Å². The largest absolute Gasteiger partial charge is 0.489 e. The summed E-state index contributed by atoms with van der Waals surface area (Å²) in [5.74, 6) is 0.838. The first kappa shape index (κ1) is 24.8. The molecule has 0 saturated heterocycles. The zero-order chi connectivity index (χ0) is 24.8. The Labute approximate surface area is 210 Å². The Bertz CT molecular complexity index is 1250. The maximum atomic E-state index is 10.1. The van der Waals surface area contributed by atoms with Crippen molar-refractivity contribution < 1.29 is 4.74 Å². The van der Waals surface area contributed by atoms with Crippen LogP contribution in [0.1, 0.15) is 65.1 Å². The molecule has 0 bridgehead atoms. The summed E-state index contributed by atoms with van der Waals surface area (Å²) in [6.07, 6.45) is 7.84. The zero-order valence-electron chi connectivity index (χ0n) is 21.4. The van der Waals surface area contributed by atoms with E-state index in [1.807, 2.05) is 18.2 Å². The van der Waals surface area contributed by atoms with Crippen molar-refractivity contribution in [2.75, 3.05) is 13.6 Å². The van der Waals surface area contributed by atoms with Gasteiger partial charge in [-0.2, -0.15) is 5.26 Å². The molecule has 3 aromatic carbocycles. The molecular formula is C32H36N2O. The van der Waals surface area contributed by atoms with Crippen LogP contribution in [0.25, 0.3) is 17.2 Å². The van der Waals surface area contributed by atoms with Gasteiger partial charge in [0, 0.05) is 12.1 Å². The highest BCUT2D eigenvalue weighted by Gasteiger charge is 2.15. The van der Waals surface area contributed by atoms with Crippen LogP contribution in [0.15, 0.2) is 55.1 Å². The topological polar surface area (TPSA) is 36.3 Å². The molecule has 0 heterocycles. The Morgan fingerprint density at radius 3 is 2.60 bits per heavy atom. The van der Waals surface area contributed by atoms with Crippen molar-refractivity contribution in [1.82, 2.24) is 4.90 Å². The fourth-order valence-corrected chi connectivity index (χ4v) is 5.15. The zero-order valence-corrected chi connectivity index (χ0v) is 21.4. The van der Waals surface area contributed by atoms with Crippen molar-refractivity contribution in [2.45, 2.75) is 59.1 Å². The third kappa shape index (κ3) is 5.66. The minimum atomic E-state index is 0.355. The van der Waals surface area contributed by atoms with Crippen LogP contribution in [0.4, 0.5) is 0 Å². The van der Waals surface area contributed by atoms with E-state index in [0.717, 1.165) is 65.9 Å². The highest BCUT2D eigenvalue weighted by atomic mass is 16.5. The van der Waals surface area contributed by atoms with E-state index in [4.69, 9.17) is 4.74 Å². The molecule has 0 fully saturated rings. The van der Waals surface area contributed by atoms with Crippen LogP contribution < -0.4 is 4.74 Å². The lowest BCUT2D eigenvalue weighted by molar-refractivity contribution is 0.302. The summed E-state index contributed by atoms with van der Waals surface area (Å²) < 4.78 is 6.28. The number of hydrogen-bond donors (Lipinski definition) is 0. The van der Waals surface area contributed by atoms with Crippen molar-refractivity contribution in [3.05, 3.63) is 94.1 Å². The average Bonchev–Trinajstić information content (AvgIpc) is 2.87. The number of nitriles is 1. The molecule has 1 aliphatic rings. The van der Waals surface area contributed by atoms with Gasteiger partial charge in [0.1, 0.15) is 18.4 Å². The molecule has 4 rings (SSSR count). The monoisotopic (exact) mass is 464 g/mol. The lowest BCUT2D eigenvalue weighted by Crippen LogP contribution is -2.19. The minimum Gasteiger partial charge on any atom is -0.489 e. The smallest absolute Gasteiger partial charge is 0.123 e. The van der Waals surface area contributed by atoms with E-state index in [-0.39, 0.29) is 0 Å². The molecule has 1 aliphatic carbocycles. The summed E-state index contributed by atoms with van der Waals surface area (Å²) in [5, 5.41) is 10.1. The van der Waals surface area contributed by atoms with E-state index in [9.17, 15) is 5.26 Å². The van der Waals surface area contributed by atoms with Gasteiger partial charge in [-0.15, -0.1) is 0 Å². The lowest BCUT2D eigenvalue weighted by atomic mass is 9.88. The lowest BCUT2D eigenvalue weighted by Gasteiger charge is -2.20. The molecule has 0 aliphatic heterocycles. The van der Waals surface area contributed by atoms with Crippen LogP contribution in [-0.2, 0) is 26.0 Å². The number of ether oxygens (including phenoxy) is 1. The van der Waals surface area contributed by atoms with Gasteiger partial charge < -0.3 is 9.64 Å². The van der Waals surface area contributed by atoms with Crippen molar-refractivity contribution in [3.63, 3.8) is 0 Å². The van der Waals surface area contributed by atoms with Gasteiger partial charge in [-0.05, 0) is 97.6 Å². The molecule has 0 N–H and O–H groups in total. The van der Waals surface area contributed by atoms with Gasteiger partial charge in [-0.1, -0.05) is 62.0 Å². The van der Waals surface area contributed by atoms with E-state index in [1.54, 1.807) is 0 Å². The maximum Gasteiger partial charge on any atom is 0.123 e. The van der Waals surface area contributed by atoms with E-state index >= 15 is 0 Å². The normalized spacial score (nSPS) is 12.8. The molecule has 0 unspecified atom stereocenters. The molecule has 3 nitrogen and oxygen atoms in total. The molecule has 0 aromatic heterocycles. The van der Waals surface area contributed by atoms with Gasteiger partial charge in [0.15, 0.2) is 0 Å². The third-order valence-corrected chi connectivity index (χ3v) is 7.01. The summed E-state index contributed by atoms with van der Waals surface area (Å²) in [5.41, 5.74) is 10.0. The number of benzene rings is 3. The Morgan fingerprint density at radius 1 is 1.06 bits per heavy atom. The van der Waals surface area contributed by atoms with Gasteiger partial charge in [0.25, 0.3) is 0 Å². The maximum absolute atomic E-state index is 10.1. The molecule has 0 saturated carbocycles. The Kier molecular flexibility index (Phi) is 8.06. The number of hydrogen-bond acceptors (Lipinski definition) is 3. The molecular weight excluding hydrogens is 428 g/mol. The van der Waals surface area contributed by atoms with Crippen LogP contribution in [0.5, 0.6) is 5.75 Å². The molecule has 3 aromatic rings. The van der Waals surface area contributed by atoms with Gasteiger partial charge in [-0.3, -0.25) is 0 Å². The van der Waals surface area contributed by atoms with E-state index < -0.39 is 0 Å². The summed E-state index contributed by atoms with van der Waals surface area (Å²) in [6, 6.07) is 19.5.